The summed E-state index contributed by atoms with van der Waals surface area (Å²) in [4.78, 5) is 24.0. The molecule has 0 atom stereocenters. The van der Waals surface area contributed by atoms with E-state index in [1.807, 2.05) is 6.07 Å². The van der Waals surface area contributed by atoms with Gasteiger partial charge in [-0.1, -0.05) is 35.5 Å². The maximum absolute atomic E-state index is 13.2. The molecule has 2 amide bonds. The Hall–Kier alpha value is -5.07. The number of hydrogen-bond donors (Lipinski definition) is 3. The number of carbonyl (C=O) groups excluding carboxylic acids is 2. The van der Waals surface area contributed by atoms with Crippen molar-refractivity contribution in [2.75, 3.05) is 12.3 Å². The van der Waals surface area contributed by atoms with Gasteiger partial charge in [-0.2, -0.15) is 9.78 Å². The molecule has 0 aliphatic carbocycles. The van der Waals surface area contributed by atoms with Crippen molar-refractivity contribution in [2.45, 2.75) is 6.92 Å². The van der Waals surface area contributed by atoms with E-state index in [1.165, 1.54) is 0 Å². The van der Waals surface area contributed by atoms with Crippen LogP contribution in [0.4, 0.5) is 5.82 Å². The van der Waals surface area contributed by atoms with E-state index < -0.39 is 11.8 Å². The van der Waals surface area contributed by atoms with Gasteiger partial charge in [0, 0.05) is 5.56 Å². The normalized spacial score (nSPS) is 11.3. The second-order valence-electron chi connectivity index (χ2n) is 6.96. The molecule has 0 saturated heterocycles. The Morgan fingerprint density at radius 3 is 2.50 bits per heavy atom. The molecule has 0 bridgehead atoms. The topological polar surface area (TPSA) is 189 Å². The first-order valence-corrected chi connectivity index (χ1v) is 9.89. The van der Waals surface area contributed by atoms with Crippen LogP contribution < -0.4 is 21.6 Å². The van der Waals surface area contributed by atoms with Crippen LogP contribution in [0.5, 0.6) is 5.75 Å². The Morgan fingerprint density at radius 1 is 1.12 bits per heavy atom. The molecule has 0 saturated carbocycles. The van der Waals surface area contributed by atoms with Crippen LogP contribution in [0.2, 0.25) is 0 Å². The molecule has 0 aliphatic rings. The molecule has 4 aromatic rings. The fourth-order valence-electron chi connectivity index (χ4n) is 2.96. The van der Waals surface area contributed by atoms with E-state index in [2.05, 4.69) is 35.8 Å². The maximum atomic E-state index is 13.2. The molecule has 34 heavy (non-hydrogen) atoms. The quantitative estimate of drug-likeness (QED) is 0.253. The lowest BCUT2D eigenvalue weighted by molar-refractivity contribution is -0.119. The zero-order valence-corrected chi connectivity index (χ0v) is 17.9. The number of ether oxygens (including phenoxy) is 1. The van der Waals surface area contributed by atoms with Gasteiger partial charge in [0.05, 0.1) is 5.71 Å². The SMILES string of the molecule is CC(=NNC(=O)c1c(-c2ccccc2)nnn1-c1nonc1N)c1ccc(OCC(N)=O)cc1. The Morgan fingerprint density at radius 2 is 1.85 bits per heavy atom. The fourth-order valence-corrected chi connectivity index (χ4v) is 2.96. The first-order chi connectivity index (χ1) is 16.4. The van der Waals surface area contributed by atoms with E-state index in [4.69, 9.17) is 16.2 Å². The van der Waals surface area contributed by atoms with Crippen molar-refractivity contribution in [1.82, 2.24) is 30.7 Å². The fraction of sp³-hybridized carbons (Fsp3) is 0.0952. The van der Waals surface area contributed by atoms with Crippen molar-refractivity contribution in [3.63, 3.8) is 0 Å². The van der Waals surface area contributed by atoms with E-state index in [9.17, 15) is 9.59 Å². The van der Waals surface area contributed by atoms with E-state index in [0.717, 1.165) is 4.68 Å². The molecule has 13 nitrogen and oxygen atoms in total. The average molecular weight is 461 g/mol. The number of hydrazone groups is 1. The number of nitrogen functional groups attached to an aromatic ring is 1. The minimum atomic E-state index is -0.605. The molecular formula is C21H19N9O4. The lowest BCUT2D eigenvalue weighted by atomic mass is 10.1. The number of nitrogens with one attached hydrogen (secondary N) is 1. The molecule has 4 rings (SSSR count). The lowest BCUT2D eigenvalue weighted by Crippen LogP contribution is -2.23. The number of aromatic nitrogens is 5. The molecule has 172 valence electrons. The van der Waals surface area contributed by atoms with Gasteiger partial charge in [-0.25, -0.2) is 10.1 Å². The summed E-state index contributed by atoms with van der Waals surface area (Å²) in [5.74, 6) is -0.743. The molecule has 5 N–H and O–H groups in total. The lowest BCUT2D eigenvalue weighted by Gasteiger charge is -2.07. The number of amides is 2. The predicted octanol–water partition coefficient (Wildman–Crippen LogP) is 0.918. The van der Waals surface area contributed by atoms with Gasteiger partial charge in [-0.3, -0.25) is 9.59 Å². The highest BCUT2D eigenvalue weighted by Crippen LogP contribution is 2.24. The van der Waals surface area contributed by atoms with Crippen molar-refractivity contribution in [2.24, 2.45) is 10.8 Å². The summed E-state index contributed by atoms with van der Waals surface area (Å²) in [6, 6.07) is 15.8. The Bertz CT molecular complexity index is 1340. The molecule has 0 radical (unpaired) electrons. The standard InChI is InChI=1S/C21H19N9O4/c1-12(13-7-9-15(10-8-13)33-11-16(22)31)24-26-21(32)18-17(14-5-3-2-4-6-14)25-29-30(18)20-19(23)27-34-28-20/h2-10H,11H2,1H3,(H2,22,31)(H2,23,27)(H,26,32). The van der Waals surface area contributed by atoms with Gasteiger partial charge in [0.25, 0.3) is 11.8 Å². The average Bonchev–Trinajstić information content (AvgIpc) is 3.47. The Balaban J connectivity index is 1.60. The summed E-state index contributed by atoms with van der Waals surface area (Å²) in [5, 5.41) is 19.5. The van der Waals surface area contributed by atoms with Gasteiger partial charge in [0.15, 0.2) is 12.3 Å². The zero-order valence-electron chi connectivity index (χ0n) is 17.9. The summed E-state index contributed by atoms with van der Waals surface area (Å²) in [6.07, 6.45) is 0. The van der Waals surface area contributed by atoms with Crippen LogP contribution in [-0.4, -0.2) is 49.4 Å². The Kier molecular flexibility index (Phi) is 6.25. The summed E-state index contributed by atoms with van der Waals surface area (Å²) < 4.78 is 11.0. The monoisotopic (exact) mass is 461 g/mol. The molecule has 2 aromatic heterocycles. The number of nitrogens with zero attached hydrogens (tertiary/aromatic N) is 6. The van der Waals surface area contributed by atoms with E-state index in [-0.39, 0.29) is 23.9 Å². The summed E-state index contributed by atoms with van der Waals surface area (Å²) in [6.45, 7) is 1.49. The number of anilines is 1. The molecule has 0 fully saturated rings. The van der Waals surface area contributed by atoms with Crippen LogP contribution in [0.15, 0.2) is 64.3 Å². The molecule has 0 aliphatic heterocycles. The van der Waals surface area contributed by atoms with Crippen molar-refractivity contribution in [1.29, 1.82) is 0 Å². The first kappa shape index (κ1) is 22.1. The number of nitrogens with two attached hydrogens (primary N) is 2. The van der Waals surface area contributed by atoms with Gasteiger partial charge in [0.1, 0.15) is 11.4 Å². The summed E-state index contributed by atoms with van der Waals surface area (Å²) in [7, 11) is 0. The highest BCUT2D eigenvalue weighted by atomic mass is 16.6. The third kappa shape index (κ3) is 4.72. The van der Waals surface area contributed by atoms with Gasteiger partial charge in [-0.15, -0.1) is 5.10 Å². The highest BCUT2D eigenvalue weighted by Gasteiger charge is 2.26. The van der Waals surface area contributed by atoms with Crippen molar-refractivity contribution in [3.8, 4) is 22.8 Å². The second-order valence-corrected chi connectivity index (χ2v) is 6.96. The van der Waals surface area contributed by atoms with E-state index in [1.54, 1.807) is 55.5 Å². The highest BCUT2D eigenvalue weighted by molar-refractivity contribution is 6.02. The van der Waals surface area contributed by atoms with Crippen molar-refractivity contribution >= 4 is 23.3 Å². The molecule has 2 aromatic carbocycles. The maximum Gasteiger partial charge on any atom is 0.292 e. The van der Waals surface area contributed by atoms with Crippen LogP contribution in [0.1, 0.15) is 23.0 Å². The predicted molar refractivity (Wildman–Crippen MR) is 120 cm³/mol. The van der Waals surface area contributed by atoms with Crippen LogP contribution in [0, 0.1) is 0 Å². The van der Waals surface area contributed by atoms with Gasteiger partial charge < -0.3 is 16.2 Å². The summed E-state index contributed by atoms with van der Waals surface area (Å²) in [5.41, 5.74) is 15.6. The first-order valence-electron chi connectivity index (χ1n) is 9.89. The molecule has 2 heterocycles. The molecule has 0 unspecified atom stereocenters. The second kappa shape index (κ2) is 9.60. The van der Waals surface area contributed by atoms with Gasteiger partial charge in [0.2, 0.25) is 11.6 Å². The van der Waals surface area contributed by atoms with Crippen LogP contribution in [0.25, 0.3) is 17.1 Å². The minimum absolute atomic E-state index is 0.0204. The van der Waals surface area contributed by atoms with E-state index in [0.29, 0.717) is 28.3 Å². The Labute approximate surface area is 192 Å². The smallest absolute Gasteiger partial charge is 0.292 e. The van der Waals surface area contributed by atoms with Crippen molar-refractivity contribution in [3.05, 3.63) is 65.9 Å². The molecule has 0 spiro atoms. The third-order valence-electron chi connectivity index (χ3n) is 4.61. The zero-order chi connectivity index (χ0) is 24.1. The third-order valence-corrected chi connectivity index (χ3v) is 4.61. The number of hydrogen-bond acceptors (Lipinski definition) is 10. The number of rotatable bonds is 8. The summed E-state index contributed by atoms with van der Waals surface area (Å²) >= 11 is 0. The van der Waals surface area contributed by atoms with Crippen LogP contribution in [0.3, 0.4) is 0 Å². The number of primary amides is 1. The van der Waals surface area contributed by atoms with Crippen LogP contribution in [-0.2, 0) is 4.79 Å². The molecular weight excluding hydrogens is 442 g/mol. The van der Waals surface area contributed by atoms with Crippen molar-refractivity contribution < 1.29 is 19.0 Å². The van der Waals surface area contributed by atoms with Gasteiger partial charge >= 0.3 is 0 Å². The number of benzene rings is 2. The minimum Gasteiger partial charge on any atom is -0.484 e. The van der Waals surface area contributed by atoms with Gasteiger partial charge in [-0.05, 0) is 47.1 Å². The van der Waals surface area contributed by atoms with Crippen LogP contribution >= 0.6 is 0 Å². The van der Waals surface area contributed by atoms with E-state index >= 15 is 0 Å². The largest absolute Gasteiger partial charge is 0.484 e. The molecule has 13 heteroatoms. The number of carbonyl (C=O) groups is 2.